The van der Waals surface area contributed by atoms with Gasteiger partial charge in [-0.05, 0) is 73.4 Å². The number of rotatable bonds is 2. The van der Waals surface area contributed by atoms with Gasteiger partial charge in [-0.25, -0.2) is 8.78 Å². The highest BCUT2D eigenvalue weighted by atomic mass is 32.1. The van der Waals surface area contributed by atoms with Gasteiger partial charge in [-0.2, -0.15) is 0 Å². The van der Waals surface area contributed by atoms with E-state index in [1.54, 1.807) is 6.07 Å². The molecule has 1 N–H and O–H groups in total. The summed E-state index contributed by atoms with van der Waals surface area (Å²) in [6.45, 7) is 0. The molecule has 4 heteroatoms. The fourth-order valence-electron chi connectivity index (χ4n) is 4.07. The second-order valence-corrected chi connectivity index (χ2v) is 8.22. The van der Waals surface area contributed by atoms with Gasteiger partial charge in [0.2, 0.25) is 0 Å². The van der Waals surface area contributed by atoms with Crippen molar-refractivity contribution in [2.45, 2.75) is 38.5 Å². The van der Waals surface area contributed by atoms with Crippen LogP contribution in [0.1, 0.15) is 41.7 Å². The van der Waals surface area contributed by atoms with E-state index in [1.165, 1.54) is 23.5 Å². The Hall–Kier alpha value is -2.20. The number of benzene rings is 2. The zero-order chi connectivity index (χ0) is 17.8. The van der Waals surface area contributed by atoms with E-state index in [0.717, 1.165) is 65.3 Å². The molecule has 0 amide bonds. The zero-order valence-corrected chi connectivity index (χ0v) is 15.1. The molecular formula is C22H18F2OS. The Bertz CT molecular complexity index is 1070. The van der Waals surface area contributed by atoms with E-state index in [4.69, 9.17) is 0 Å². The molecule has 0 aliphatic heterocycles. The lowest BCUT2D eigenvalue weighted by molar-refractivity contribution is 0.488. The Balaban J connectivity index is 1.82. The van der Waals surface area contributed by atoms with Crippen molar-refractivity contribution in [3.8, 4) is 11.1 Å². The van der Waals surface area contributed by atoms with Crippen LogP contribution in [0.3, 0.4) is 0 Å². The average Bonchev–Trinajstić information content (AvgIpc) is 3.18. The minimum Gasteiger partial charge on any atom is -0.506 e. The summed E-state index contributed by atoms with van der Waals surface area (Å²) in [5.41, 5.74) is 4.12. The maximum absolute atomic E-state index is 15.3. The van der Waals surface area contributed by atoms with Crippen LogP contribution in [-0.4, -0.2) is 5.11 Å². The first-order valence-corrected chi connectivity index (χ1v) is 9.89. The molecule has 0 atom stereocenters. The third-order valence-electron chi connectivity index (χ3n) is 5.64. The first-order valence-electron chi connectivity index (χ1n) is 9.07. The smallest absolute Gasteiger partial charge is 0.134 e. The Morgan fingerprint density at radius 1 is 0.962 bits per heavy atom. The van der Waals surface area contributed by atoms with Gasteiger partial charge in [-0.1, -0.05) is 12.1 Å². The number of aliphatic hydroxyl groups excluding tert-OH is 1. The van der Waals surface area contributed by atoms with Gasteiger partial charge in [0.25, 0.3) is 0 Å². The summed E-state index contributed by atoms with van der Waals surface area (Å²) in [5.74, 6) is -0.244. The molecule has 132 valence electrons. The van der Waals surface area contributed by atoms with E-state index < -0.39 is 0 Å². The normalized spacial score (nSPS) is 16.0. The predicted molar refractivity (Wildman–Crippen MR) is 103 cm³/mol. The predicted octanol–water partition coefficient (Wildman–Crippen LogP) is 6.79. The van der Waals surface area contributed by atoms with E-state index in [0.29, 0.717) is 16.0 Å². The summed E-state index contributed by atoms with van der Waals surface area (Å²) in [7, 11) is 0. The van der Waals surface area contributed by atoms with Crippen LogP contribution in [0.15, 0.2) is 35.9 Å². The van der Waals surface area contributed by atoms with Gasteiger partial charge in [0.05, 0.1) is 4.88 Å². The Labute approximate surface area is 154 Å². The highest BCUT2D eigenvalue weighted by Gasteiger charge is 2.26. The largest absolute Gasteiger partial charge is 0.506 e. The van der Waals surface area contributed by atoms with E-state index in [2.05, 4.69) is 0 Å². The fourth-order valence-corrected chi connectivity index (χ4v) is 5.30. The van der Waals surface area contributed by atoms with Crippen LogP contribution < -0.4 is 0 Å². The molecule has 2 aromatic carbocycles. The number of fused-ring (bicyclic) bond motifs is 2. The number of halogens is 2. The molecule has 1 nitrogen and oxygen atoms in total. The van der Waals surface area contributed by atoms with E-state index >= 15 is 4.39 Å². The molecule has 5 rings (SSSR count). The van der Waals surface area contributed by atoms with Crippen molar-refractivity contribution in [1.29, 1.82) is 0 Å². The van der Waals surface area contributed by atoms with Crippen molar-refractivity contribution in [2.75, 3.05) is 0 Å². The van der Waals surface area contributed by atoms with Gasteiger partial charge >= 0.3 is 0 Å². The molecule has 1 aromatic heterocycles. The molecular weight excluding hydrogens is 350 g/mol. The minimum atomic E-state index is -0.318. The van der Waals surface area contributed by atoms with Gasteiger partial charge < -0.3 is 5.11 Å². The van der Waals surface area contributed by atoms with Crippen molar-refractivity contribution < 1.29 is 13.9 Å². The average molecular weight is 368 g/mol. The van der Waals surface area contributed by atoms with Crippen molar-refractivity contribution in [3.63, 3.8) is 0 Å². The van der Waals surface area contributed by atoms with Gasteiger partial charge in [0, 0.05) is 21.2 Å². The summed E-state index contributed by atoms with van der Waals surface area (Å²) < 4.78 is 29.8. The topological polar surface area (TPSA) is 20.2 Å². The van der Waals surface area contributed by atoms with Gasteiger partial charge in [-0.3, -0.25) is 0 Å². The zero-order valence-electron chi connectivity index (χ0n) is 14.2. The van der Waals surface area contributed by atoms with Crippen LogP contribution in [0.4, 0.5) is 8.78 Å². The van der Waals surface area contributed by atoms with Crippen LogP contribution in [0.25, 0.3) is 27.0 Å². The molecule has 0 radical (unpaired) electrons. The van der Waals surface area contributed by atoms with Gasteiger partial charge in [-0.15, -0.1) is 11.3 Å². The molecule has 1 fully saturated rings. The Kier molecular flexibility index (Phi) is 3.64. The molecule has 1 heterocycles. The summed E-state index contributed by atoms with van der Waals surface area (Å²) in [5, 5.41) is 11.6. The highest BCUT2D eigenvalue weighted by Crippen LogP contribution is 2.46. The maximum Gasteiger partial charge on any atom is 0.134 e. The molecule has 0 unspecified atom stereocenters. The van der Waals surface area contributed by atoms with Crippen molar-refractivity contribution in [1.82, 2.24) is 0 Å². The number of thiophene rings is 1. The molecule has 1 saturated carbocycles. The highest BCUT2D eigenvalue weighted by molar-refractivity contribution is 7.20. The minimum absolute atomic E-state index is 0.184. The summed E-state index contributed by atoms with van der Waals surface area (Å²) in [4.78, 5) is 0.664. The molecule has 0 bridgehead atoms. The van der Waals surface area contributed by atoms with Crippen LogP contribution in [0, 0.1) is 11.6 Å². The maximum atomic E-state index is 15.3. The number of hydrogen-bond acceptors (Lipinski definition) is 2. The van der Waals surface area contributed by atoms with Gasteiger partial charge in [0.1, 0.15) is 17.4 Å². The van der Waals surface area contributed by atoms with Crippen molar-refractivity contribution >= 4 is 27.2 Å². The number of aryl methyl sites for hydroxylation is 1. The van der Waals surface area contributed by atoms with E-state index in [1.807, 2.05) is 12.1 Å². The van der Waals surface area contributed by atoms with Crippen molar-refractivity contribution in [3.05, 3.63) is 63.5 Å². The molecule has 0 spiro atoms. The summed E-state index contributed by atoms with van der Waals surface area (Å²) >= 11 is 1.35. The molecule has 3 aromatic rings. The van der Waals surface area contributed by atoms with Crippen LogP contribution >= 0.6 is 11.3 Å². The van der Waals surface area contributed by atoms with Crippen LogP contribution in [-0.2, 0) is 12.8 Å². The second kappa shape index (κ2) is 5.92. The summed E-state index contributed by atoms with van der Waals surface area (Å²) in [6.07, 6.45) is 5.48. The number of hydrogen-bond donors (Lipinski definition) is 1. The SMILES string of the molecule is OC(=C1CCC1)c1sc2cc(F)ccc2c1-c1ccc2c(c1F)CCC2. The number of aliphatic hydroxyl groups is 1. The van der Waals surface area contributed by atoms with Crippen LogP contribution in [0.5, 0.6) is 0 Å². The van der Waals surface area contributed by atoms with E-state index in [-0.39, 0.29) is 17.4 Å². The molecule has 2 aliphatic carbocycles. The van der Waals surface area contributed by atoms with Crippen LogP contribution in [0.2, 0.25) is 0 Å². The molecule has 26 heavy (non-hydrogen) atoms. The Morgan fingerprint density at radius 2 is 1.77 bits per heavy atom. The fraction of sp³-hybridized carbons (Fsp3) is 0.273. The lowest BCUT2D eigenvalue weighted by atomic mass is 9.89. The first kappa shape index (κ1) is 16.0. The lowest BCUT2D eigenvalue weighted by Crippen LogP contribution is -2.01. The van der Waals surface area contributed by atoms with E-state index in [9.17, 15) is 9.50 Å². The third kappa shape index (κ3) is 2.32. The quantitative estimate of drug-likeness (QED) is 0.494. The summed E-state index contributed by atoms with van der Waals surface area (Å²) in [6, 6.07) is 8.40. The number of allylic oxidation sites excluding steroid dienone is 1. The first-order chi connectivity index (χ1) is 12.6. The standard InChI is InChI=1S/C22H18F2OS/c23-14-8-10-16-18(11-14)26-22(21(25)13-4-1-5-13)19(16)17-9-7-12-3-2-6-15(12)20(17)24/h7-11,25H,1-6H2. The monoisotopic (exact) mass is 368 g/mol. The Morgan fingerprint density at radius 3 is 2.54 bits per heavy atom. The van der Waals surface area contributed by atoms with Crippen molar-refractivity contribution in [2.24, 2.45) is 0 Å². The second-order valence-electron chi connectivity index (χ2n) is 7.17. The molecule has 2 aliphatic rings. The molecule has 0 saturated heterocycles. The lowest BCUT2D eigenvalue weighted by Gasteiger charge is -2.19. The van der Waals surface area contributed by atoms with Gasteiger partial charge in [0.15, 0.2) is 0 Å². The third-order valence-corrected chi connectivity index (χ3v) is 6.80.